The Morgan fingerprint density at radius 2 is 2.10 bits per heavy atom. The highest BCUT2D eigenvalue weighted by molar-refractivity contribution is 9.09. The maximum absolute atomic E-state index is 14.8. The van der Waals surface area contributed by atoms with Gasteiger partial charge < -0.3 is 24.4 Å². The van der Waals surface area contributed by atoms with Crippen LogP contribution >= 0.6 is 27.5 Å². The number of carbonyl (C=O) groups is 3. The van der Waals surface area contributed by atoms with Crippen molar-refractivity contribution in [2.45, 2.75) is 68.6 Å². The normalized spacial score (nSPS) is 30.1. The van der Waals surface area contributed by atoms with Crippen LogP contribution in [-0.4, -0.2) is 76.2 Å². The molecule has 3 aliphatic heterocycles. The van der Waals surface area contributed by atoms with Crippen LogP contribution in [0.5, 0.6) is 0 Å². The van der Waals surface area contributed by atoms with Crippen molar-refractivity contribution in [1.82, 2.24) is 4.90 Å². The Hall–Kier alpha value is -2.20. The second-order valence-electron chi connectivity index (χ2n) is 10.9. The highest BCUT2D eigenvalue weighted by Crippen LogP contribution is 2.61. The molecular formula is C30H38BrClN2O6. The maximum Gasteiger partial charge on any atom is 0.312 e. The number of halogens is 2. The smallest absolute Gasteiger partial charge is 0.312 e. The zero-order valence-corrected chi connectivity index (χ0v) is 25.6. The number of aliphatic hydroxyl groups excluding tert-OH is 1. The monoisotopic (exact) mass is 636 g/mol. The van der Waals surface area contributed by atoms with E-state index in [4.69, 9.17) is 21.1 Å². The molecule has 1 aromatic rings. The number of hydrogen-bond donors (Lipinski definition) is 1. The summed E-state index contributed by atoms with van der Waals surface area (Å²) in [6.07, 6.45) is 4.13. The van der Waals surface area contributed by atoms with Gasteiger partial charge in [-0.2, -0.15) is 0 Å². The molecule has 3 fully saturated rings. The van der Waals surface area contributed by atoms with E-state index in [9.17, 15) is 19.5 Å². The van der Waals surface area contributed by atoms with Crippen molar-refractivity contribution in [3.8, 4) is 0 Å². The number of aryl methyl sites for hydroxylation is 1. The summed E-state index contributed by atoms with van der Waals surface area (Å²) in [4.78, 5) is 45.3. The number of para-hydroxylation sites is 1. The first-order valence-corrected chi connectivity index (χ1v) is 15.1. The van der Waals surface area contributed by atoms with Crippen LogP contribution in [0.25, 0.3) is 0 Å². The largest absolute Gasteiger partial charge is 0.465 e. The average molecular weight is 638 g/mol. The van der Waals surface area contributed by atoms with Crippen LogP contribution < -0.4 is 4.90 Å². The Kier molecular flexibility index (Phi) is 9.49. The van der Waals surface area contributed by atoms with E-state index in [0.717, 1.165) is 5.56 Å². The first-order valence-electron chi connectivity index (χ1n) is 13.8. The minimum Gasteiger partial charge on any atom is -0.465 e. The number of aliphatic hydroxyl groups is 1. The molecule has 1 N–H and O–H groups in total. The van der Waals surface area contributed by atoms with Crippen molar-refractivity contribution < 1.29 is 29.0 Å². The van der Waals surface area contributed by atoms with Crippen molar-refractivity contribution in [1.29, 1.82) is 0 Å². The molecule has 0 aliphatic carbocycles. The number of ether oxygens (including phenoxy) is 2. The number of anilines is 1. The van der Waals surface area contributed by atoms with Gasteiger partial charge in [0.05, 0.1) is 47.9 Å². The van der Waals surface area contributed by atoms with Crippen molar-refractivity contribution >= 4 is 51.0 Å². The molecule has 40 heavy (non-hydrogen) atoms. The second-order valence-corrected chi connectivity index (χ2v) is 12.5. The minimum absolute atomic E-state index is 0.121. The predicted octanol–water partition coefficient (Wildman–Crippen LogP) is 4.44. The molecule has 0 aromatic heterocycles. The van der Waals surface area contributed by atoms with Crippen LogP contribution in [0.15, 0.2) is 43.5 Å². The molecule has 0 radical (unpaired) electrons. The number of rotatable bonds is 12. The molecule has 2 bridgehead atoms. The number of esters is 1. The molecule has 3 aliphatic rings. The number of hydrogen-bond acceptors (Lipinski definition) is 6. The zero-order valence-electron chi connectivity index (χ0n) is 23.2. The lowest BCUT2D eigenvalue weighted by Crippen LogP contribution is -2.60. The van der Waals surface area contributed by atoms with Gasteiger partial charge in [-0.3, -0.25) is 14.4 Å². The van der Waals surface area contributed by atoms with Gasteiger partial charge in [0.2, 0.25) is 5.91 Å². The lowest BCUT2D eigenvalue weighted by molar-refractivity contribution is -0.156. The molecule has 1 spiro atoms. The molecular weight excluding hydrogens is 600 g/mol. The van der Waals surface area contributed by atoms with E-state index in [1.807, 2.05) is 32.9 Å². The molecule has 8 atom stereocenters. The SMILES string of the molecule is C=CCCOC(=O)[C@H]1[C@H]2C(=O)N([C@@H](CO)[C@@H](C)CC)C(C(=O)N(CC=C)c3c(C)cccc3Cl)C23CC(Br)[C@@H]1O3. The van der Waals surface area contributed by atoms with Gasteiger partial charge in [0.1, 0.15) is 11.6 Å². The van der Waals surface area contributed by atoms with Gasteiger partial charge in [0.15, 0.2) is 0 Å². The Bertz CT molecular complexity index is 1160. The fourth-order valence-electron chi connectivity index (χ4n) is 6.66. The number of alkyl halides is 1. The van der Waals surface area contributed by atoms with Crippen LogP contribution in [0, 0.1) is 24.7 Å². The summed E-state index contributed by atoms with van der Waals surface area (Å²) in [5.41, 5.74) is 0.0191. The Balaban J connectivity index is 1.86. The second kappa shape index (κ2) is 12.3. The van der Waals surface area contributed by atoms with Crippen molar-refractivity contribution in [3.05, 3.63) is 54.1 Å². The van der Waals surface area contributed by atoms with E-state index in [2.05, 4.69) is 29.1 Å². The Morgan fingerprint density at radius 1 is 1.38 bits per heavy atom. The summed E-state index contributed by atoms with van der Waals surface area (Å²) in [6, 6.07) is 3.63. The number of carbonyl (C=O) groups excluding carboxylic acids is 3. The quantitative estimate of drug-likeness (QED) is 0.158. The third kappa shape index (κ3) is 4.93. The molecule has 2 amide bonds. The number of amides is 2. The van der Waals surface area contributed by atoms with Crippen molar-refractivity contribution in [2.24, 2.45) is 17.8 Å². The first kappa shape index (κ1) is 30.8. The van der Waals surface area contributed by atoms with Crippen LogP contribution in [-0.2, 0) is 23.9 Å². The lowest BCUT2D eigenvalue weighted by atomic mass is 9.70. The molecule has 10 heteroatoms. The Morgan fingerprint density at radius 3 is 2.70 bits per heavy atom. The van der Waals surface area contributed by atoms with Gasteiger partial charge in [-0.25, -0.2) is 0 Å². The van der Waals surface area contributed by atoms with Crippen LogP contribution in [0.4, 0.5) is 5.69 Å². The number of fused-ring (bicyclic) bond motifs is 1. The summed E-state index contributed by atoms with van der Waals surface area (Å²) < 4.78 is 12.1. The molecule has 1 aromatic carbocycles. The topological polar surface area (TPSA) is 96.4 Å². The summed E-state index contributed by atoms with van der Waals surface area (Å²) in [5, 5.41) is 10.9. The van der Waals surface area contributed by atoms with E-state index in [0.29, 0.717) is 30.0 Å². The average Bonchev–Trinajstić information content (AvgIpc) is 3.51. The fraction of sp³-hybridized carbons (Fsp3) is 0.567. The number of nitrogens with zero attached hydrogens (tertiary/aromatic N) is 2. The van der Waals surface area contributed by atoms with E-state index in [1.165, 1.54) is 9.80 Å². The first-order chi connectivity index (χ1) is 19.1. The van der Waals surface area contributed by atoms with E-state index < -0.39 is 47.5 Å². The van der Waals surface area contributed by atoms with Gasteiger partial charge in [-0.15, -0.1) is 13.2 Å². The standard InChI is InChI=1S/C30H38BrClN2O6/c1-6-9-14-39-29(38)22-23-27(36)34(21(16-35)17(4)8-3)26(30(23)15-19(31)25(22)40-30)28(37)33(13-7-2)24-18(5)11-10-12-20(24)32/h6-7,10-12,17,19,21-23,25-26,35H,1-2,8-9,13-16H2,3-5H3/t17-,19?,21-,22-,23-,25-,26?,30?/m0/s1. The highest BCUT2D eigenvalue weighted by atomic mass is 79.9. The zero-order chi connectivity index (χ0) is 29.4. The van der Waals surface area contributed by atoms with Crippen LogP contribution in [0.1, 0.15) is 38.7 Å². The minimum atomic E-state index is -1.29. The molecule has 8 nitrogen and oxygen atoms in total. The van der Waals surface area contributed by atoms with Gasteiger partial charge in [-0.1, -0.05) is 72.1 Å². The van der Waals surface area contributed by atoms with Crippen LogP contribution in [0.3, 0.4) is 0 Å². The number of benzene rings is 1. The van der Waals surface area contributed by atoms with E-state index in [-0.39, 0.29) is 36.4 Å². The third-order valence-corrected chi connectivity index (χ3v) is 9.83. The lowest BCUT2D eigenvalue weighted by Gasteiger charge is -2.41. The Labute approximate surface area is 249 Å². The molecule has 3 saturated heterocycles. The van der Waals surface area contributed by atoms with Crippen LogP contribution in [0.2, 0.25) is 5.02 Å². The molecule has 3 unspecified atom stereocenters. The molecule has 4 rings (SSSR count). The highest BCUT2D eigenvalue weighted by Gasteiger charge is 2.77. The summed E-state index contributed by atoms with van der Waals surface area (Å²) in [7, 11) is 0. The number of likely N-dealkylation sites (tertiary alicyclic amines) is 1. The third-order valence-electron chi connectivity index (χ3n) is 8.68. The summed E-state index contributed by atoms with van der Waals surface area (Å²) >= 11 is 10.3. The molecule has 3 heterocycles. The predicted molar refractivity (Wildman–Crippen MR) is 157 cm³/mol. The molecule has 218 valence electrons. The van der Waals surface area contributed by atoms with Crippen molar-refractivity contribution in [3.63, 3.8) is 0 Å². The van der Waals surface area contributed by atoms with Gasteiger partial charge in [-0.05, 0) is 37.3 Å². The fourth-order valence-corrected chi connectivity index (χ4v) is 7.93. The van der Waals surface area contributed by atoms with E-state index in [1.54, 1.807) is 18.2 Å². The van der Waals surface area contributed by atoms with Gasteiger partial charge in [0, 0.05) is 11.4 Å². The molecule has 0 saturated carbocycles. The van der Waals surface area contributed by atoms with Gasteiger partial charge in [0.25, 0.3) is 5.91 Å². The van der Waals surface area contributed by atoms with Gasteiger partial charge >= 0.3 is 5.97 Å². The van der Waals surface area contributed by atoms with Crippen molar-refractivity contribution in [2.75, 3.05) is 24.7 Å². The summed E-state index contributed by atoms with van der Waals surface area (Å²) in [5.74, 6) is -3.23. The summed E-state index contributed by atoms with van der Waals surface area (Å²) in [6.45, 7) is 13.2. The maximum atomic E-state index is 14.8. The van der Waals surface area contributed by atoms with E-state index >= 15 is 0 Å².